The van der Waals surface area contributed by atoms with E-state index in [1.54, 1.807) is 0 Å². The van der Waals surface area contributed by atoms with Crippen molar-refractivity contribution >= 4 is 74.8 Å². The number of aliphatic hydroxyl groups excluding tert-OH is 1. The third-order valence-corrected chi connectivity index (χ3v) is 4.56. The normalized spacial score (nSPS) is 13.7. The number of hydrogen-bond donors (Lipinski definition) is 3. The molecule has 2 atom stereocenters. The summed E-state index contributed by atoms with van der Waals surface area (Å²) in [5.41, 5.74) is 0. The van der Waals surface area contributed by atoms with Crippen LogP contribution in [0.1, 0.15) is 71.1 Å². The topological polar surface area (TPSA) is 94.8 Å². The zero-order chi connectivity index (χ0) is 18.3. The molecule has 0 aliphatic carbocycles. The summed E-state index contributed by atoms with van der Waals surface area (Å²) in [6.45, 7) is 2.24. The van der Waals surface area contributed by atoms with Crippen LogP contribution in [0.15, 0.2) is 0 Å². The Hall–Kier alpha value is 1.70. The fourth-order valence-corrected chi connectivity index (χ4v) is 2.45. The molecule has 0 spiro atoms. The van der Waals surface area contributed by atoms with Gasteiger partial charge in [-0.05, 0) is 6.42 Å². The third kappa shape index (κ3) is 28.5. The summed E-state index contributed by atoms with van der Waals surface area (Å²) in [4.78, 5) is -0.694. The van der Waals surface area contributed by atoms with Gasteiger partial charge in [-0.3, -0.25) is 9.11 Å². The van der Waals surface area contributed by atoms with E-state index in [9.17, 15) is 5.11 Å². The molecular formula is C14H30Cl3NaO5S. The number of rotatable bonds is 12. The van der Waals surface area contributed by atoms with Crippen LogP contribution in [0.2, 0.25) is 0 Å². The molecule has 0 saturated carbocycles. The fraction of sp³-hybridized carbons (Fsp3) is 1.00. The summed E-state index contributed by atoms with van der Waals surface area (Å²) in [6.07, 6.45) is 11.6. The summed E-state index contributed by atoms with van der Waals surface area (Å²) >= 11 is 17.1. The van der Waals surface area contributed by atoms with Crippen molar-refractivity contribution in [3.8, 4) is 0 Å². The Bertz CT molecular complexity index is 350. The minimum absolute atomic E-state index is 0. The van der Waals surface area contributed by atoms with Crippen molar-refractivity contribution in [2.75, 3.05) is 0 Å². The van der Waals surface area contributed by atoms with Crippen molar-refractivity contribution in [3.63, 3.8) is 0 Å². The Morgan fingerprint density at radius 3 is 1.50 bits per heavy atom. The first-order chi connectivity index (χ1) is 10.6. The van der Waals surface area contributed by atoms with E-state index < -0.39 is 26.7 Å². The standard InChI is InChI=1S/C14H27Cl3O.Na.H2O4S.H/c1-2-3-4-5-6-7-8-9-10-11-12(18)13(15)14(16)17;;1-5(2,3)4;/h12-14,18H,2-11H2,1H3;;(H2,1,2,3,4);. The Kier molecular flexibility index (Phi) is 24.7. The van der Waals surface area contributed by atoms with E-state index in [2.05, 4.69) is 6.92 Å². The van der Waals surface area contributed by atoms with Gasteiger partial charge in [0.25, 0.3) is 0 Å². The van der Waals surface area contributed by atoms with E-state index in [0.29, 0.717) is 6.42 Å². The van der Waals surface area contributed by atoms with Crippen LogP contribution in [-0.4, -0.2) is 68.5 Å². The van der Waals surface area contributed by atoms with Crippen molar-refractivity contribution in [2.45, 2.75) is 87.4 Å². The van der Waals surface area contributed by atoms with Gasteiger partial charge in [-0.1, -0.05) is 64.7 Å². The second-order valence-electron chi connectivity index (χ2n) is 5.41. The zero-order valence-electron chi connectivity index (χ0n) is 13.5. The minimum atomic E-state index is -4.67. The molecule has 0 heterocycles. The Balaban J connectivity index is -0.000000639. The van der Waals surface area contributed by atoms with Gasteiger partial charge in [0.15, 0.2) is 0 Å². The average Bonchev–Trinajstić information content (AvgIpc) is 2.42. The van der Waals surface area contributed by atoms with E-state index in [-0.39, 0.29) is 29.6 Å². The maximum absolute atomic E-state index is 9.69. The fourth-order valence-electron chi connectivity index (χ4n) is 1.99. The van der Waals surface area contributed by atoms with Crippen LogP contribution in [0.25, 0.3) is 0 Å². The number of hydrogen-bond acceptors (Lipinski definition) is 3. The molecule has 0 aliphatic heterocycles. The molecule has 2 unspecified atom stereocenters. The SMILES string of the molecule is CCCCCCCCCCCC(O)C(Cl)C(Cl)Cl.O=S(=O)(O)O.[NaH]. The van der Waals surface area contributed by atoms with Crippen LogP contribution < -0.4 is 0 Å². The molecule has 24 heavy (non-hydrogen) atoms. The summed E-state index contributed by atoms with van der Waals surface area (Å²) in [7, 11) is -4.67. The molecule has 3 N–H and O–H groups in total. The van der Waals surface area contributed by atoms with Crippen molar-refractivity contribution in [1.29, 1.82) is 0 Å². The predicted molar refractivity (Wildman–Crippen MR) is 104 cm³/mol. The van der Waals surface area contributed by atoms with Gasteiger partial charge in [-0.25, -0.2) is 0 Å². The molecule has 0 aromatic heterocycles. The molecule has 0 bridgehead atoms. The molecule has 0 aliphatic rings. The van der Waals surface area contributed by atoms with Gasteiger partial charge >= 0.3 is 40.0 Å². The van der Waals surface area contributed by atoms with Gasteiger partial charge in [0.2, 0.25) is 0 Å². The van der Waals surface area contributed by atoms with Gasteiger partial charge in [-0.15, -0.1) is 34.8 Å². The summed E-state index contributed by atoms with van der Waals surface area (Å²) in [5.74, 6) is 0. The molecule has 5 nitrogen and oxygen atoms in total. The van der Waals surface area contributed by atoms with Crippen LogP contribution in [0.5, 0.6) is 0 Å². The van der Waals surface area contributed by atoms with E-state index in [0.717, 1.165) is 12.8 Å². The average molecular weight is 440 g/mol. The first-order valence-electron chi connectivity index (χ1n) is 7.89. The number of aliphatic hydroxyl groups is 1. The quantitative estimate of drug-likeness (QED) is 0.181. The first-order valence-corrected chi connectivity index (χ1v) is 10.6. The van der Waals surface area contributed by atoms with Crippen molar-refractivity contribution in [2.24, 2.45) is 0 Å². The number of alkyl halides is 3. The van der Waals surface area contributed by atoms with Crippen LogP contribution in [0.3, 0.4) is 0 Å². The summed E-state index contributed by atoms with van der Waals surface area (Å²) in [5, 5.41) is 9.13. The van der Waals surface area contributed by atoms with Gasteiger partial charge < -0.3 is 5.11 Å². The monoisotopic (exact) mass is 438 g/mol. The Morgan fingerprint density at radius 2 is 1.17 bits per heavy atom. The van der Waals surface area contributed by atoms with Crippen LogP contribution in [-0.2, 0) is 10.4 Å². The van der Waals surface area contributed by atoms with E-state index in [4.69, 9.17) is 52.3 Å². The van der Waals surface area contributed by atoms with Crippen molar-refractivity contribution in [3.05, 3.63) is 0 Å². The third-order valence-electron chi connectivity index (χ3n) is 3.21. The van der Waals surface area contributed by atoms with E-state index in [1.165, 1.54) is 44.9 Å². The summed E-state index contributed by atoms with van der Waals surface area (Å²) < 4.78 is 31.6. The molecular weight excluding hydrogens is 410 g/mol. The molecule has 0 aromatic carbocycles. The second-order valence-corrected chi connectivity index (χ2v) is 7.97. The van der Waals surface area contributed by atoms with Gasteiger partial charge in [0, 0.05) is 0 Å². The second kappa shape index (κ2) is 19.5. The van der Waals surface area contributed by atoms with Crippen molar-refractivity contribution < 1.29 is 22.6 Å². The molecule has 0 aromatic rings. The summed E-state index contributed by atoms with van der Waals surface area (Å²) in [6, 6.07) is 0. The van der Waals surface area contributed by atoms with Crippen molar-refractivity contribution in [1.82, 2.24) is 0 Å². The molecule has 144 valence electrons. The number of unbranched alkanes of at least 4 members (excludes halogenated alkanes) is 8. The van der Waals surface area contributed by atoms with Gasteiger partial charge in [-0.2, -0.15) is 8.42 Å². The zero-order valence-corrected chi connectivity index (χ0v) is 16.6. The molecule has 0 rings (SSSR count). The van der Waals surface area contributed by atoms with Gasteiger partial charge in [0.1, 0.15) is 4.84 Å². The van der Waals surface area contributed by atoms with Crippen LogP contribution in [0.4, 0.5) is 0 Å². The maximum atomic E-state index is 9.69. The van der Waals surface area contributed by atoms with E-state index in [1.807, 2.05) is 0 Å². The molecule has 0 amide bonds. The van der Waals surface area contributed by atoms with E-state index >= 15 is 0 Å². The Labute approximate surface area is 183 Å². The molecule has 0 saturated heterocycles. The Morgan fingerprint density at radius 1 is 0.833 bits per heavy atom. The van der Waals surface area contributed by atoms with Gasteiger partial charge in [0.05, 0.1) is 11.5 Å². The first kappa shape index (κ1) is 30.4. The number of halogens is 3. The molecule has 10 heteroatoms. The molecule has 0 fully saturated rings. The molecule has 0 radical (unpaired) electrons. The van der Waals surface area contributed by atoms with Crippen LogP contribution in [0, 0.1) is 0 Å². The van der Waals surface area contributed by atoms with Crippen LogP contribution >= 0.6 is 34.8 Å². The predicted octanol–water partition coefficient (Wildman–Crippen LogP) is 4.38.